The molecule has 0 bridgehead atoms. The number of carbonyl (C=O) groups excluding carboxylic acids is 4. The smallest absolute Gasteiger partial charge is 0.306 e. The molecule has 0 radical (unpaired) electrons. The Kier molecular flexibility index (Phi) is 7.72. The highest BCUT2D eigenvalue weighted by Gasteiger charge is 2.51. The van der Waals surface area contributed by atoms with Crippen LogP contribution in [-0.4, -0.2) is 61.4 Å². The largest absolute Gasteiger partial charge is 0.457 e. The quantitative estimate of drug-likeness (QED) is 0.248. The first kappa shape index (κ1) is 21.1. The highest BCUT2D eigenvalue weighted by Crippen LogP contribution is 2.31. The van der Waals surface area contributed by atoms with Crippen LogP contribution in [-0.2, 0) is 38.1 Å². The first-order chi connectivity index (χ1) is 13.4. The van der Waals surface area contributed by atoms with Crippen LogP contribution in [0.3, 0.4) is 0 Å². The molecule has 0 aromatic carbocycles. The molecule has 14 heteroatoms. The molecule has 2 heterocycles. The third-order valence-electron chi connectivity index (χ3n) is 3.93. The van der Waals surface area contributed by atoms with Gasteiger partial charge in [-0.15, -0.1) is 0 Å². The lowest BCUT2D eigenvalue weighted by Crippen LogP contribution is -2.36. The van der Waals surface area contributed by atoms with Crippen LogP contribution >= 0.6 is 0 Å². The molecule has 4 atom stereocenters. The molecule has 0 unspecified atom stereocenters. The maximum Gasteiger partial charge on any atom is 0.306 e. The lowest BCUT2D eigenvalue weighted by Gasteiger charge is -2.17. The number of amides is 2. The Balaban J connectivity index is 1.77. The second-order valence-electron chi connectivity index (χ2n) is 5.82. The number of carbonyl (C=O) groups is 4. The van der Waals surface area contributed by atoms with E-state index in [1.165, 1.54) is 0 Å². The maximum absolute atomic E-state index is 11.8. The number of hydrogen-bond acceptors (Lipinski definition) is 8. The summed E-state index contributed by atoms with van der Waals surface area (Å²) >= 11 is 0. The van der Waals surface area contributed by atoms with E-state index in [0.717, 1.165) is 0 Å². The van der Waals surface area contributed by atoms with Gasteiger partial charge in [0.15, 0.2) is 12.2 Å². The van der Waals surface area contributed by atoms with E-state index in [0.29, 0.717) is 0 Å². The van der Waals surface area contributed by atoms with Crippen molar-refractivity contribution in [1.29, 1.82) is 0 Å². The number of rotatable bonds is 8. The molecule has 0 saturated carbocycles. The van der Waals surface area contributed by atoms with Crippen LogP contribution < -0.4 is 0 Å². The minimum absolute atomic E-state index is 0.0226. The lowest BCUT2D eigenvalue weighted by molar-refractivity contribution is -0.156. The Morgan fingerprint density at radius 1 is 0.786 bits per heavy atom. The summed E-state index contributed by atoms with van der Waals surface area (Å²) in [6.07, 6.45) is -3.82. The molecule has 0 spiro atoms. The van der Waals surface area contributed by atoms with E-state index >= 15 is 0 Å². The molecular formula is C14H16N6O8. The predicted octanol–water partition coefficient (Wildman–Crippen LogP) is 0.842. The second kappa shape index (κ2) is 10.2. The molecule has 2 rings (SSSR count). The van der Waals surface area contributed by atoms with Gasteiger partial charge in [0.1, 0.15) is 12.2 Å². The van der Waals surface area contributed by atoms with Crippen LogP contribution in [0, 0.1) is 0 Å². The number of fused-ring (bicyclic) bond motifs is 1. The number of esters is 2. The molecule has 14 nitrogen and oxygen atoms in total. The average molecular weight is 396 g/mol. The van der Waals surface area contributed by atoms with Gasteiger partial charge < -0.3 is 18.9 Å². The summed E-state index contributed by atoms with van der Waals surface area (Å²) in [4.78, 5) is 50.4. The summed E-state index contributed by atoms with van der Waals surface area (Å²) in [5, 5.41) is 5.69. The first-order valence-corrected chi connectivity index (χ1v) is 8.22. The van der Waals surface area contributed by atoms with Gasteiger partial charge >= 0.3 is 11.9 Å². The van der Waals surface area contributed by atoms with E-state index in [1.54, 1.807) is 0 Å². The Morgan fingerprint density at radius 3 is 1.54 bits per heavy atom. The van der Waals surface area contributed by atoms with Gasteiger partial charge in [0.25, 0.3) is 0 Å². The first-order valence-electron chi connectivity index (χ1n) is 8.22. The highest BCUT2D eigenvalue weighted by atomic mass is 16.7. The zero-order valence-electron chi connectivity index (χ0n) is 14.5. The summed E-state index contributed by atoms with van der Waals surface area (Å²) in [6, 6.07) is 0. The summed E-state index contributed by atoms with van der Waals surface area (Å²) in [7, 11) is 0. The Morgan fingerprint density at radius 2 is 1.18 bits per heavy atom. The number of azide groups is 2. The van der Waals surface area contributed by atoms with Gasteiger partial charge in [-0.3, -0.25) is 19.2 Å². The molecular weight excluding hydrogens is 380 g/mol. The molecule has 2 aliphatic rings. The van der Waals surface area contributed by atoms with Gasteiger partial charge in [-0.1, -0.05) is 0 Å². The van der Waals surface area contributed by atoms with E-state index in [1.807, 2.05) is 0 Å². The average Bonchev–Trinajstić information content (AvgIpc) is 3.22. The number of nitrogens with zero attached hydrogens (tertiary/aromatic N) is 6. The third kappa shape index (κ3) is 5.93. The van der Waals surface area contributed by atoms with Gasteiger partial charge in [0.05, 0.1) is 26.1 Å². The van der Waals surface area contributed by atoms with E-state index in [9.17, 15) is 19.2 Å². The van der Waals surface area contributed by atoms with Crippen molar-refractivity contribution >= 4 is 23.8 Å². The zero-order valence-corrected chi connectivity index (χ0v) is 14.5. The standard InChI is InChI=1S/C14H16N6O8/c15-19-17-9(21)1-3-11(23)27-7-5-25-14-8(6-26-13(7)14)28-12(24)4-2-10(22)18-20-16/h7-8,13-14H,1-6H2/t7-,8+,13-,14-/m1/s1. The summed E-state index contributed by atoms with van der Waals surface area (Å²) in [6.45, 7) is 0.0452. The highest BCUT2D eigenvalue weighted by molar-refractivity contribution is 5.82. The fourth-order valence-electron chi connectivity index (χ4n) is 2.70. The molecule has 0 aliphatic carbocycles. The van der Waals surface area contributed by atoms with Crippen LogP contribution in [0.1, 0.15) is 25.7 Å². The zero-order chi connectivity index (χ0) is 20.5. The fraction of sp³-hybridized carbons (Fsp3) is 0.714. The van der Waals surface area contributed by atoms with E-state index in [4.69, 9.17) is 30.0 Å². The summed E-state index contributed by atoms with van der Waals surface area (Å²) in [5.41, 5.74) is 16.2. The molecule has 150 valence electrons. The van der Waals surface area contributed by atoms with Crippen LogP contribution in [0.15, 0.2) is 10.2 Å². The van der Waals surface area contributed by atoms with Gasteiger partial charge in [0.2, 0.25) is 11.8 Å². The van der Waals surface area contributed by atoms with Crippen LogP contribution in [0.2, 0.25) is 0 Å². The van der Waals surface area contributed by atoms with Crippen molar-refractivity contribution in [3.05, 3.63) is 20.9 Å². The monoisotopic (exact) mass is 396 g/mol. The minimum Gasteiger partial charge on any atom is -0.457 e. The molecule has 0 aromatic heterocycles. The molecule has 2 fully saturated rings. The van der Waals surface area contributed by atoms with Gasteiger partial charge in [0, 0.05) is 22.7 Å². The summed E-state index contributed by atoms with van der Waals surface area (Å²) in [5.74, 6) is -2.92. The maximum atomic E-state index is 11.8. The second-order valence-corrected chi connectivity index (χ2v) is 5.82. The van der Waals surface area contributed by atoms with Crippen LogP contribution in [0.5, 0.6) is 0 Å². The molecule has 0 N–H and O–H groups in total. The topological polar surface area (TPSA) is 203 Å². The normalized spacial score (nSPS) is 25.0. The van der Waals surface area contributed by atoms with Gasteiger partial charge in [-0.25, -0.2) is 0 Å². The summed E-state index contributed by atoms with van der Waals surface area (Å²) < 4.78 is 21.4. The molecule has 2 amide bonds. The Labute approximate surface area is 157 Å². The van der Waals surface area contributed by atoms with Crippen molar-refractivity contribution in [2.75, 3.05) is 13.2 Å². The lowest BCUT2D eigenvalue weighted by atomic mass is 10.1. The van der Waals surface area contributed by atoms with Crippen molar-refractivity contribution in [2.24, 2.45) is 10.2 Å². The Hall–Kier alpha value is -3.18. The van der Waals surface area contributed by atoms with E-state index < -0.39 is 48.2 Å². The number of ether oxygens (including phenoxy) is 4. The van der Waals surface area contributed by atoms with Crippen molar-refractivity contribution < 1.29 is 38.1 Å². The predicted molar refractivity (Wildman–Crippen MR) is 86.0 cm³/mol. The SMILES string of the molecule is [N-]=[N+]=NC(=O)CCC(=O)O[C@H]1CO[C@H]2[C@@H]1OC[C@H]2OC(=O)CCC(=O)N=[N+]=[N-]. The fourth-order valence-corrected chi connectivity index (χ4v) is 2.70. The van der Waals surface area contributed by atoms with Gasteiger partial charge in [-0.2, -0.15) is 0 Å². The van der Waals surface area contributed by atoms with Crippen molar-refractivity contribution in [3.8, 4) is 0 Å². The molecule has 2 saturated heterocycles. The van der Waals surface area contributed by atoms with Crippen LogP contribution in [0.25, 0.3) is 20.9 Å². The van der Waals surface area contributed by atoms with Crippen molar-refractivity contribution in [3.63, 3.8) is 0 Å². The molecule has 2 aliphatic heterocycles. The third-order valence-corrected chi connectivity index (χ3v) is 3.93. The molecule has 0 aromatic rings. The van der Waals surface area contributed by atoms with E-state index in [-0.39, 0.29) is 38.9 Å². The number of hydrogen-bond donors (Lipinski definition) is 0. The van der Waals surface area contributed by atoms with Gasteiger partial charge in [-0.05, 0) is 21.3 Å². The van der Waals surface area contributed by atoms with Crippen molar-refractivity contribution in [2.45, 2.75) is 50.1 Å². The Bertz CT molecular complexity index is 682. The van der Waals surface area contributed by atoms with Crippen LogP contribution in [0.4, 0.5) is 0 Å². The molecule has 28 heavy (non-hydrogen) atoms. The van der Waals surface area contributed by atoms with Crippen molar-refractivity contribution in [1.82, 2.24) is 0 Å². The van der Waals surface area contributed by atoms with E-state index in [2.05, 4.69) is 20.1 Å². The minimum atomic E-state index is -0.775.